The van der Waals surface area contributed by atoms with E-state index in [2.05, 4.69) is 37.6 Å². The highest BCUT2D eigenvalue weighted by Crippen LogP contribution is 2.20. The number of aliphatic imine (C=N–C) groups is 1. The van der Waals surface area contributed by atoms with E-state index in [4.69, 9.17) is 10.5 Å². The molecule has 32 heavy (non-hydrogen) atoms. The molecule has 1 fully saturated rings. The summed E-state index contributed by atoms with van der Waals surface area (Å²) in [4.78, 5) is 31.8. The van der Waals surface area contributed by atoms with Crippen molar-refractivity contribution in [2.24, 2.45) is 10.7 Å². The molecule has 9 heteroatoms. The molecular formula is C23H30N6O3. The minimum Gasteiger partial charge on any atom is -0.497 e. The van der Waals surface area contributed by atoms with Gasteiger partial charge in [-0.25, -0.2) is 0 Å². The van der Waals surface area contributed by atoms with Crippen LogP contribution in [0.3, 0.4) is 0 Å². The minimum atomic E-state index is -0.574. The zero-order valence-electron chi connectivity index (χ0n) is 18.5. The third-order valence-corrected chi connectivity index (χ3v) is 5.32. The number of carbonyl (C=O) groups is 2. The number of piperazine rings is 1. The molecule has 0 bridgehead atoms. The Morgan fingerprint density at radius 2 is 1.66 bits per heavy atom. The van der Waals surface area contributed by atoms with Crippen molar-refractivity contribution < 1.29 is 14.3 Å². The predicted octanol–water partition coefficient (Wildman–Crippen LogP) is 0.808. The van der Waals surface area contributed by atoms with Crippen LogP contribution in [0, 0.1) is 0 Å². The maximum absolute atomic E-state index is 12.0. The van der Waals surface area contributed by atoms with Crippen LogP contribution in [0.5, 0.6) is 5.75 Å². The molecule has 0 unspecified atom stereocenters. The number of guanidine groups is 1. The molecule has 9 nitrogen and oxygen atoms in total. The molecule has 0 spiro atoms. The summed E-state index contributed by atoms with van der Waals surface area (Å²) in [5, 5.41) is 5.87. The molecule has 0 saturated carbocycles. The van der Waals surface area contributed by atoms with Gasteiger partial charge in [-0.05, 0) is 42.0 Å². The van der Waals surface area contributed by atoms with Gasteiger partial charge in [0.25, 0.3) is 5.91 Å². The Labute approximate surface area is 188 Å². The summed E-state index contributed by atoms with van der Waals surface area (Å²) in [5.41, 5.74) is 7.74. The molecule has 3 rings (SSSR count). The number of carbonyl (C=O) groups excluding carboxylic acids is 2. The summed E-state index contributed by atoms with van der Waals surface area (Å²) >= 11 is 0. The highest BCUT2D eigenvalue weighted by Gasteiger charge is 2.20. The lowest BCUT2D eigenvalue weighted by molar-refractivity contribution is -0.117. The molecule has 0 atom stereocenters. The first-order valence-corrected chi connectivity index (χ1v) is 10.5. The van der Waals surface area contributed by atoms with Gasteiger partial charge in [-0.3, -0.25) is 14.6 Å². The molecule has 170 valence electrons. The van der Waals surface area contributed by atoms with Gasteiger partial charge in [-0.1, -0.05) is 12.1 Å². The quantitative estimate of drug-likeness (QED) is 0.436. The van der Waals surface area contributed by atoms with E-state index in [-0.39, 0.29) is 12.5 Å². The topological polar surface area (TPSA) is 112 Å². The highest BCUT2D eigenvalue weighted by atomic mass is 16.5. The Bertz CT molecular complexity index is 935. The first-order valence-electron chi connectivity index (χ1n) is 10.5. The zero-order chi connectivity index (χ0) is 22.9. The van der Waals surface area contributed by atoms with Crippen molar-refractivity contribution in [1.29, 1.82) is 0 Å². The van der Waals surface area contributed by atoms with E-state index < -0.39 is 5.91 Å². The van der Waals surface area contributed by atoms with Gasteiger partial charge < -0.3 is 30.9 Å². The second kappa shape index (κ2) is 11.0. The Morgan fingerprint density at radius 1 is 1.00 bits per heavy atom. The van der Waals surface area contributed by atoms with Crippen LogP contribution in [0.2, 0.25) is 0 Å². The summed E-state index contributed by atoms with van der Waals surface area (Å²) < 4.78 is 5.23. The second-order valence-electron chi connectivity index (χ2n) is 7.42. The number of amides is 2. The van der Waals surface area contributed by atoms with Gasteiger partial charge in [0, 0.05) is 51.0 Å². The van der Waals surface area contributed by atoms with Gasteiger partial charge in [0.1, 0.15) is 5.75 Å². The SMILES string of the molecule is CN=C(NCc1ccc(C(=O)NCC(N)=O)cc1)N1CCN(c2ccc(OC)cc2)CC1. The number of nitrogens with zero attached hydrogens (tertiary/aromatic N) is 3. The lowest BCUT2D eigenvalue weighted by Gasteiger charge is -2.37. The monoisotopic (exact) mass is 438 g/mol. The third-order valence-electron chi connectivity index (χ3n) is 5.32. The minimum absolute atomic E-state index is 0.176. The lowest BCUT2D eigenvalue weighted by Crippen LogP contribution is -2.52. The number of ether oxygens (including phenoxy) is 1. The third kappa shape index (κ3) is 6.13. The van der Waals surface area contributed by atoms with Crippen LogP contribution in [0.15, 0.2) is 53.5 Å². The van der Waals surface area contributed by atoms with Gasteiger partial charge in [-0.15, -0.1) is 0 Å². The molecule has 2 aromatic carbocycles. The van der Waals surface area contributed by atoms with Crippen LogP contribution < -0.4 is 26.0 Å². The fraction of sp³-hybridized carbons (Fsp3) is 0.348. The van der Waals surface area contributed by atoms with Gasteiger partial charge in [0.15, 0.2) is 5.96 Å². The van der Waals surface area contributed by atoms with Crippen molar-refractivity contribution in [3.63, 3.8) is 0 Å². The molecule has 1 heterocycles. The Balaban J connectivity index is 1.48. The van der Waals surface area contributed by atoms with Gasteiger partial charge >= 0.3 is 0 Å². The van der Waals surface area contributed by atoms with E-state index in [0.29, 0.717) is 12.1 Å². The average Bonchev–Trinajstić information content (AvgIpc) is 2.83. The van der Waals surface area contributed by atoms with Crippen LogP contribution in [0.4, 0.5) is 5.69 Å². The van der Waals surface area contributed by atoms with E-state index in [1.807, 2.05) is 24.3 Å². The molecule has 0 radical (unpaired) electrons. The first kappa shape index (κ1) is 22.9. The van der Waals surface area contributed by atoms with Crippen molar-refractivity contribution in [1.82, 2.24) is 15.5 Å². The average molecular weight is 439 g/mol. The fourth-order valence-electron chi connectivity index (χ4n) is 3.53. The van der Waals surface area contributed by atoms with Crippen molar-refractivity contribution in [3.05, 3.63) is 59.7 Å². The molecule has 1 aliphatic rings. The first-order chi connectivity index (χ1) is 15.5. The number of rotatable bonds is 7. The molecule has 2 amide bonds. The van der Waals surface area contributed by atoms with Gasteiger partial charge in [-0.2, -0.15) is 0 Å². The van der Waals surface area contributed by atoms with E-state index in [1.165, 1.54) is 5.69 Å². The lowest BCUT2D eigenvalue weighted by atomic mass is 10.1. The smallest absolute Gasteiger partial charge is 0.251 e. The largest absolute Gasteiger partial charge is 0.497 e. The summed E-state index contributed by atoms with van der Waals surface area (Å²) in [6.45, 7) is 3.96. The number of hydrogen-bond donors (Lipinski definition) is 3. The fourth-order valence-corrected chi connectivity index (χ4v) is 3.53. The summed E-state index contributed by atoms with van der Waals surface area (Å²) in [5.74, 6) is 0.809. The van der Waals surface area contributed by atoms with E-state index in [1.54, 1.807) is 26.3 Å². The Hall–Kier alpha value is -3.75. The normalized spacial score (nSPS) is 14.1. The molecule has 0 aromatic heterocycles. The summed E-state index contributed by atoms with van der Waals surface area (Å²) in [6.07, 6.45) is 0. The van der Waals surface area contributed by atoms with E-state index in [0.717, 1.165) is 43.5 Å². The maximum Gasteiger partial charge on any atom is 0.251 e. The molecule has 4 N–H and O–H groups in total. The van der Waals surface area contributed by atoms with Crippen molar-refractivity contribution in [2.45, 2.75) is 6.54 Å². The van der Waals surface area contributed by atoms with Gasteiger partial charge in [0.2, 0.25) is 5.91 Å². The number of benzene rings is 2. The highest BCUT2D eigenvalue weighted by molar-refractivity contribution is 5.96. The summed E-state index contributed by atoms with van der Waals surface area (Å²) in [7, 11) is 3.45. The zero-order valence-corrected chi connectivity index (χ0v) is 18.5. The van der Waals surface area contributed by atoms with Crippen molar-refractivity contribution in [3.8, 4) is 5.75 Å². The van der Waals surface area contributed by atoms with Crippen LogP contribution in [-0.4, -0.2) is 69.6 Å². The van der Waals surface area contributed by atoms with E-state index >= 15 is 0 Å². The van der Waals surface area contributed by atoms with Crippen LogP contribution >= 0.6 is 0 Å². The number of methoxy groups -OCH3 is 1. The number of nitrogens with two attached hydrogens (primary N) is 1. The van der Waals surface area contributed by atoms with Crippen molar-refractivity contribution in [2.75, 3.05) is 51.8 Å². The van der Waals surface area contributed by atoms with E-state index in [9.17, 15) is 9.59 Å². The molecule has 0 aliphatic carbocycles. The maximum atomic E-state index is 12.0. The standard InChI is InChI=1S/C23H30N6O3/c1-25-23(27-15-17-3-5-18(6-4-17)22(31)26-16-21(24)30)29-13-11-28(12-14-29)19-7-9-20(32-2)10-8-19/h3-10H,11-16H2,1-2H3,(H2,24,30)(H,25,27)(H,26,31). The number of nitrogens with one attached hydrogen (secondary N) is 2. The van der Waals surface area contributed by atoms with Crippen LogP contribution in [0.25, 0.3) is 0 Å². The van der Waals surface area contributed by atoms with Gasteiger partial charge in [0.05, 0.1) is 13.7 Å². The Morgan fingerprint density at radius 3 is 2.22 bits per heavy atom. The van der Waals surface area contributed by atoms with Crippen LogP contribution in [0.1, 0.15) is 15.9 Å². The molecule has 2 aromatic rings. The molecule has 1 aliphatic heterocycles. The number of hydrogen-bond acceptors (Lipinski definition) is 5. The Kier molecular flexibility index (Phi) is 7.91. The number of anilines is 1. The van der Waals surface area contributed by atoms with Crippen LogP contribution in [-0.2, 0) is 11.3 Å². The number of primary amides is 1. The predicted molar refractivity (Wildman–Crippen MR) is 125 cm³/mol. The molecular weight excluding hydrogens is 408 g/mol. The van der Waals surface area contributed by atoms with Crippen molar-refractivity contribution >= 4 is 23.5 Å². The summed E-state index contributed by atoms with van der Waals surface area (Å²) in [6, 6.07) is 15.3. The molecule has 1 saturated heterocycles. The second-order valence-corrected chi connectivity index (χ2v) is 7.42.